The van der Waals surface area contributed by atoms with Crippen LogP contribution in [0.2, 0.25) is 0 Å². The number of likely N-dealkylation sites (tertiary alicyclic amines) is 1. The average molecular weight is 433 g/mol. The molecule has 4 rings (SSSR count). The minimum absolute atomic E-state index is 0.0564. The van der Waals surface area contributed by atoms with E-state index in [1.165, 1.54) is 25.0 Å². The topological polar surface area (TPSA) is 74.8 Å². The summed E-state index contributed by atoms with van der Waals surface area (Å²) in [6.07, 6.45) is 9.40. The predicted octanol–water partition coefficient (Wildman–Crippen LogP) is 4.29. The third-order valence-electron chi connectivity index (χ3n) is 6.18. The number of hydrogen-bond acceptors (Lipinski definition) is 6. The lowest BCUT2D eigenvalue weighted by atomic mass is 9.85. The molecule has 164 valence electrons. The molecule has 2 saturated heterocycles. The lowest BCUT2D eigenvalue weighted by molar-refractivity contribution is -0.114. The first-order chi connectivity index (χ1) is 14.5. The van der Waals surface area contributed by atoms with Crippen molar-refractivity contribution in [2.45, 2.75) is 70.8 Å². The first-order valence-electron chi connectivity index (χ1n) is 11.2. The molecule has 1 aromatic rings. The first-order valence-corrected chi connectivity index (χ1v) is 12.1. The van der Waals surface area contributed by atoms with Crippen LogP contribution in [0.1, 0.15) is 80.2 Å². The van der Waals surface area contributed by atoms with E-state index >= 15 is 0 Å². The monoisotopic (exact) mass is 432 g/mol. The fourth-order valence-corrected chi connectivity index (χ4v) is 5.65. The summed E-state index contributed by atoms with van der Waals surface area (Å²) >= 11 is 1.58. The quantitative estimate of drug-likeness (QED) is 0.768. The van der Waals surface area contributed by atoms with Gasteiger partial charge in [0.1, 0.15) is 5.69 Å². The highest BCUT2D eigenvalue weighted by molar-refractivity contribution is 7.09. The van der Waals surface area contributed by atoms with Gasteiger partial charge < -0.3 is 15.1 Å². The number of piperidine rings is 2. The van der Waals surface area contributed by atoms with Gasteiger partial charge in [0.25, 0.3) is 5.91 Å². The SMILES string of the molecule is CC(C)NC(=O)ON1CCC(c2nc(C(=O)N3CCCC4CCCC=C43)cs2)CC1. The van der Waals surface area contributed by atoms with Gasteiger partial charge in [0.05, 0.1) is 5.01 Å². The Morgan fingerprint density at radius 3 is 2.67 bits per heavy atom. The van der Waals surface area contributed by atoms with E-state index in [-0.39, 0.29) is 11.9 Å². The molecular formula is C22H32N4O3S. The molecule has 2 fully saturated rings. The van der Waals surface area contributed by atoms with Gasteiger partial charge >= 0.3 is 6.09 Å². The number of carbonyl (C=O) groups is 2. The number of hydrogen-bond donors (Lipinski definition) is 1. The molecule has 0 aromatic carbocycles. The zero-order valence-electron chi connectivity index (χ0n) is 17.9. The molecule has 8 heteroatoms. The largest absolute Gasteiger partial charge is 0.426 e. The van der Waals surface area contributed by atoms with Crippen LogP contribution in [0.25, 0.3) is 0 Å². The molecule has 1 N–H and O–H groups in total. The Balaban J connectivity index is 1.34. The second-order valence-electron chi connectivity index (χ2n) is 8.81. The minimum Gasteiger partial charge on any atom is -0.351 e. The van der Waals surface area contributed by atoms with Gasteiger partial charge in [0.15, 0.2) is 0 Å². The molecule has 7 nitrogen and oxygen atoms in total. The number of nitrogens with one attached hydrogen (secondary N) is 1. The van der Waals surface area contributed by atoms with Crippen LogP contribution < -0.4 is 5.32 Å². The molecule has 0 radical (unpaired) electrons. The number of carbonyl (C=O) groups excluding carboxylic acids is 2. The van der Waals surface area contributed by atoms with Crippen molar-refractivity contribution in [1.29, 1.82) is 0 Å². The molecule has 2 amide bonds. The van der Waals surface area contributed by atoms with Crippen molar-refractivity contribution in [3.63, 3.8) is 0 Å². The third-order valence-corrected chi connectivity index (χ3v) is 7.19. The maximum absolute atomic E-state index is 13.2. The maximum atomic E-state index is 13.2. The molecule has 1 aliphatic carbocycles. The van der Waals surface area contributed by atoms with Crippen molar-refractivity contribution in [1.82, 2.24) is 20.3 Å². The summed E-state index contributed by atoms with van der Waals surface area (Å²) < 4.78 is 0. The van der Waals surface area contributed by atoms with E-state index in [4.69, 9.17) is 9.82 Å². The minimum atomic E-state index is -0.401. The van der Waals surface area contributed by atoms with Crippen LogP contribution in [0.15, 0.2) is 17.2 Å². The lowest BCUT2D eigenvalue weighted by Crippen LogP contribution is -2.40. The Bertz CT molecular complexity index is 798. The number of nitrogens with zero attached hydrogens (tertiary/aromatic N) is 3. The summed E-state index contributed by atoms with van der Waals surface area (Å²) in [5.41, 5.74) is 1.81. The van der Waals surface area contributed by atoms with E-state index < -0.39 is 6.09 Å². The van der Waals surface area contributed by atoms with Gasteiger partial charge in [-0.15, -0.1) is 16.4 Å². The lowest BCUT2D eigenvalue weighted by Gasteiger charge is -2.37. The summed E-state index contributed by atoms with van der Waals surface area (Å²) in [5.74, 6) is 0.917. The van der Waals surface area contributed by atoms with Crippen molar-refractivity contribution in [2.24, 2.45) is 5.92 Å². The summed E-state index contributed by atoms with van der Waals surface area (Å²) in [6.45, 7) is 5.98. The van der Waals surface area contributed by atoms with Gasteiger partial charge in [-0.1, -0.05) is 6.08 Å². The van der Waals surface area contributed by atoms with Crippen LogP contribution in [-0.2, 0) is 4.84 Å². The standard InChI is InChI=1S/C22H32N4O3S/c1-15(2)23-22(28)29-25-12-9-17(10-13-25)20-24-18(14-30-20)21(27)26-11-5-7-16-6-3-4-8-19(16)26/h8,14-17H,3-7,9-13H2,1-2H3,(H,23,28). The van der Waals surface area contributed by atoms with Crippen molar-refractivity contribution in [2.75, 3.05) is 19.6 Å². The molecule has 0 saturated carbocycles. The van der Waals surface area contributed by atoms with E-state index in [9.17, 15) is 9.59 Å². The van der Waals surface area contributed by atoms with E-state index in [1.54, 1.807) is 16.4 Å². The van der Waals surface area contributed by atoms with Crippen LogP contribution in [0.4, 0.5) is 4.79 Å². The van der Waals surface area contributed by atoms with Crippen LogP contribution in [0.5, 0.6) is 0 Å². The Morgan fingerprint density at radius 1 is 1.13 bits per heavy atom. The maximum Gasteiger partial charge on any atom is 0.426 e. The Hall–Kier alpha value is -1.93. The molecule has 1 aromatic heterocycles. The summed E-state index contributed by atoms with van der Waals surface area (Å²) in [6, 6.07) is 0.0564. The predicted molar refractivity (Wildman–Crippen MR) is 116 cm³/mol. The fourth-order valence-electron chi connectivity index (χ4n) is 4.68. The number of aromatic nitrogens is 1. The number of rotatable bonds is 4. The number of thiazole rings is 1. The number of allylic oxidation sites excluding steroid dienone is 2. The van der Waals surface area contributed by atoms with Gasteiger partial charge in [-0.05, 0) is 64.7 Å². The summed E-state index contributed by atoms with van der Waals surface area (Å²) in [7, 11) is 0. The molecule has 0 bridgehead atoms. The van der Waals surface area contributed by atoms with Crippen molar-refractivity contribution in [3.05, 3.63) is 27.9 Å². The van der Waals surface area contributed by atoms with Crippen LogP contribution in [0.3, 0.4) is 0 Å². The van der Waals surface area contributed by atoms with E-state index in [1.807, 2.05) is 24.1 Å². The van der Waals surface area contributed by atoms with Gasteiger partial charge in [-0.3, -0.25) is 4.79 Å². The van der Waals surface area contributed by atoms with Crippen LogP contribution in [0, 0.1) is 5.92 Å². The highest BCUT2D eigenvalue weighted by atomic mass is 32.1. The highest BCUT2D eigenvalue weighted by Crippen LogP contribution is 2.36. The van der Waals surface area contributed by atoms with E-state index in [0.29, 0.717) is 30.6 Å². The van der Waals surface area contributed by atoms with E-state index in [0.717, 1.165) is 37.2 Å². The molecule has 3 aliphatic rings. The normalized spacial score (nSPS) is 23.1. The Kier molecular flexibility index (Phi) is 6.73. The van der Waals surface area contributed by atoms with Gasteiger partial charge in [-0.25, -0.2) is 9.78 Å². The molecule has 30 heavy (non-hydrogen) atoms. The fraction of sp³-hybridized carbons (Fsp3) is 0.682. The number of amides is 2. The molecule has 3 heterocycles. The summed E-state index contributed by atoms with van der Waals surface area (Å²) in [5, 5.41) is 7.40. The molecule has 1 atom stereocenters. The summed E-state index contributed by atoms with van der Waals surface area (Å²) in [4.78, 5) is 37.0. The molecule has 2 aliphatic heterocycles. The van der Waals surface area contributed by atoms with Crippen molar-refractivity contribution in [3.8, 4) is 0 Å². The van der Waals surface area contributed by atoms with Gasteiger partial charge in [-0.2, -0.15) is 0 Å². The number of fused-ring (bicyclic) bond motifs is 1. The van der Waals surface area contributed by atoms with E-state index in [2.05, 4.69) is 11.4 Å². The third kappa shape index (κ3) is 4.86. The Morgan fingerprint density at radius 2 is 1.90 bits per heavy atom. The molecular weight excluding hydrogens is 400 g/mol. The first kappa shape index (κ1) is 21.3. The zero-order chi connectivity index (χ0) is 21.1. The highest BCUT2D eigenvalue weighted by Gasteiger charge is 2.32. The van der Waals surface area contributed by atoms with Gasteiger partial charge in [0, 0.05) is 42.7 Å². The smallest absolute Gasteiger partial charge is 0.351 e. The molecule has 0 spiro atoms. The van der Waals surface area contributed by atoms with Crippen molar-refractivity contribution >= 4 is 23.3 Å². The molecule has 1 unspecified atom stereocenters. The average Bonchev–Trinajstić information content (AvgIpc) is 3.23. The Labute approximate surface area is 182 Å². The second-order valence-corrected chi connectivity index (χ2v) is 9.70. The zero-order valence-corrected chi connectivity index (χ0v) is 18.7. The second kappa shape index (κ2) is 9.47. The van der Waals surface area contributed by atoms with Crippen LogP contribution >= 0.6 is 11.3 Å². The van der Waals surface area contributed by atoms with Crippen molar-refractivity contribution < 1.29 is 14.4 Å². The van der Waals surface area contributed by atoms with Gasteiger partial charge in [0.2, 0.25) is 0 Å². The van der Waals surface area contributed by atoms with Crippen LogP contribution in [-0.4, -0.2) is 52.6 Å². The number of hydroxylamine groups is 2.